The number of benzene rings is 2. The summed E-state index contributed by atoms with van der Waals surface area (Å²) in [4.78, 5) is 2.38. The first-order chi connectivity index (χ1) is 12.3. The number of rotatable bonds is 7. The van der Waals surface area contributed by atoms with Crippen molar-refractivity contribution in [3.63, 3.8) is 0 Å². The van der Waals surface area contributed by atoms with Gasteiger partial charge in [-0.2, -0.15) is 5.26 Å². The molecule has 0 heterocycles. The highest BCUT2D eigenvalue weighted by atomic mass is 16.3. The lowest BCUT2D eigenvalue weighted by Crippen LogP contribution is -2.39. The summed E-state index contributed by atoms with van der Waals surface area (Å²) in [5.74, 6) is 0.0316. The molecule has 0 amide bonds. The second kappa shape index (κ2) is 8.69. The van der Waals surface area contributed by atoms with Crippen molar-refractivity contribution in [2.24, 2.45) is 0 Å². The van der Waals surface area contributed by atoms with Crippen molar-refractivity contribution >= 4 is 0 Å². The molecule has 26 heavy (non-hydrogen) atoms. The molecule has 0 unspecified atom stereocenters. The van der Waals surface area contributed by atoms with Gasteiger partial charge in [0.2, 0.25) is 0 Å². The third-order valence-electron chi connectivity index (χ3n) is 4.72. The third kappa shape index (κ3) is 4.53. The minimum atomic E-state index is -0.163. The molecule has 0 fully saturated rings. The maximum atomic E-state index is 10.5. The monoisotopic (exact) mass is 348 g/mol. The molecule has 0 bridgehead atoms. The standard InChI is InChI=1S/C23H28N2O/c1-16(2)25(17(3)4)15-18(5)23(20-9-7-6-8-10-20)21-13-19(14-24)11-12-22(21)26/h6-13,16-17,23,26H,5,15H2,1-4H3/t23-/m1/s1. The van der Waals surface area contributed by atoms with E-state index in [1.54, 1.807) is 18.2 Å². The van der Waals surface area contributed by atoms with Crippen LogP contribution in [0.5, 0.6) is 5.75 Å². The molecule has 2 rings (SSSR count). The molecular weight excluding hydrogens is 320 g/mol. The van der Waals surface area contributed by atoms with Crippen LogP contribution in [0.2, 0.25) is 0 Å². The van der Waals surface area contributed by atoms with Crippen LogP contribution in [-0.2, 0) is 0 Å². The van der Waals surface area contributed by atoms with E-state index in [1.165, 1.54) is 0 Å². The number of phenols is 1. The molecule has 0 aliphatic rings. The predicted molar refractivity (Wildman–Crippen MR) is 107 cm³/mol. The molecule has 0 aromatic heterocycles. The zero-order valence-electron chi connectivity index (χ0n) is 16.1. The normalized spacial score (nSPS) is 12.4. The molecule has 1 N–H and O–H groups in total. The Morgan fingerprint density at radius 1 is 1.08 bits per heavy atom. The Balaban J connectivity index is 2.49. The molecule has 0 radical (unpaired) electrons. The van der Waals surface area contributed by atoms with Gasteiger partial charge in [-0.05, 0) is 51.5 Å². The lowest BCUT2D eigenvalue weighted by atomic mass is 9.84. The Bertz CT molecular complexity index is 780. The Labute approximate surface area is 157 Å². The SMILES string of the molecule is C=C(CN(C(C)C)C(C)C)[C@H](c1ccccc1)c1cc(C#N)ccc1O. The molecular formula is C23H28N2O. The van der Waals surface area contributed by atoms with E-state index in [0.29, 0.717) is 17.6 Å². The van der Waals surface area contributed by atoms with Crippen molar-refractivity contribution in [2.45, 2.75) is 45.7 Å². The van der Waals surface area contributed by atoms with Crippen molar-refractivity contribution < 1.29 is 5.11 Å². The van der Waals surface area contributed by atoms with Crippen molar-refractivity contribution in [1.29, 1.82) is 5.26 Å². The minimum Gasteiger partial charge on any atom is -0.508 e. The van der Waals surface area contributed by atoms with Crippen molar-refractivity contribution in [3.05, 3.63) is 77.4 Å². The van der Waals surface area contributed by atoms with Gasteiger partial charge in [-0.1, -0.05) is 42.5 Å². The molecule has 0 aliphatic carbocycles. The van der Waals surface area contributed by atoms with Gasteiger partial charge in [0.05, 0.1) is 11.6 Å². The Kier molecular flexibility index (Phi) is 6.60. The Morgan fingerprint density at radius 3 is 2.23 bits per heavy atom. The van der Waals surface area contributed by atoms with E-state index < -0.39 is 0 Å². The fourth-order valence-corrected chi connectivity index (χ4v) is 3.42. The van der Waals surface area contributed by atoms with E-state index >= 15 is 0 Å². The summed E-state index contributed by atoms with van der Waals surface area (Å²) < 4.78 is 0. The minimum absolute atomic E-state index is 0.163. The van der Waals surface area contributed by atoms with E-state index in [-0.39, 0.29) is 11.7 Å². The molecule has 0 spiro atoms. The van der Waals surface area contributed by atoms with Crippen LogP contribution in [0.3, 0.4) is 0 Å². The summed E-state index contributed by atoms with van der Waals surface area (Å²) in [6.45, 7) is 13.8. The van der Waals surface area contributed by atoms with Gasteiger partial charge < -0.3 is 5.11 Å². The van der Waals surface area contributed by atoms with Gasteiger partial charge in [0.15, 0.2) is 0 Å². The van der Waals surface area contributed by atoms with Crippen LogP contribution < -0.4 is 0 Å². The zero-order valence-corrected chi connectivity index (χ0v) is 16.1. The van der Waals surface area contributed by atoms with E-state index in [4.69, 9.17) is 0 Å². The first-order valence-corrected chi connectivity index (χ1v) is 9.06. The summed E-state index contributed by atoms with van der Waals surface area (Å²) in [7, 11) is 0. The summed E-state index contributed by atoms with van der Waals surface area (Å²) in [5.41, 5.74) is 3.34. The maximum absolute atomic E-state index is 10.5. The largest absolute Gasteiger partial charge is 0.508 e. The third-order valence-corrected chi connectivity index (χ3v) is 4.72. The molecule has 3 nitrogen and oxygen atoms in total. The molecule has 0 saturated carbocycles. The maximum Gasteiger partial charge on any atom is 0.119 e. The second-order valence-corrected chi connectivity index (χ2v) is 7.25. The van der Waals surface area contributed by atoms with E-state index in [0.717, 1.165) is 23.2 Å². The molecule has 136 valence electrons. The highest BCUT2D eigenvalue weighted by molar-refractivity contribution is 5.50. The number of nitriles is 1. The molecule has 2 aromatic rings. The number of nitrogens with zero attached hydrogens (tertiary/aromatic N) is 2. The first-order valence-electron chi connectivity index (χ1n) is 9.06. The lowest BCUT2D eigenvalue weighted by Gasteiger charge is -2.33. The Hall–Kier alpha value is -2.57. The van der Waals surface area contributed by atoms with Crippen LogP contribution in [0.4, 0.5) is 0 Å². The van der Waals surface area contributed by atoms with Crippen LogP contribution in [0.25, 0.3) is 0 Å². The van der Waals surface area contributed by atoms with Gasteiger partial charge in [0.1, 0.15) is 5.75 Å². The Morgan fingerprint density at radius 2 is 1.69 bits per heavy atom. The second-order valence-electron chi connectivity index (χ2n) is 7.25. The van der Waals surface area contributed by atoms with Gasteiger partial charge in [0, 0.05) is 30.1 Å². The van der Waals surface area contributed by atoms with Gasteiger partial charge in [-0.3, -0.25) is 4.90 Å². The van der Waals surface area contributed by atoms with Crippen LogP contribution in [0.15, 0.2) is 60.7 Å². The zero-order chi connectivity index (χ0) is 19.3. The van der Waals surface area contributed by atoms with Gasteiger partial charge in [0.25, 0.3) is 0 Å². The van der Waals surface area contributed by atoms with Crippen LogP contribution in [0.1, 0.15) is 50.3 Å². The van der Waals surface area contributed by atoms with Crippen LogP contribution in [0, 0.1) is 11.3 Å². The summed E-state index contributed by atoms with van der Waals surface area (Å²) in [5, 5.41) is 19.8. The number of hydrogen-bond donors (Lipinski definition) is 1. The van der Waals surface area contributed by atoms with Gasteiger partial charge in [-0.15, -0.1) is 0 Å². The van der Waals surface area contributed by atoms with Crippen molar-refractivity contribution in [2.75, 3.05) is 6.54 Å². The predicted octanol–water partition coefficient (Wildman–Crippen LogP) is 5.07. The lowest BCUT2D eigenvalue weighted by molar-refractivity contribution is 0.189. The van der Waals surface area contributed by atoms with Crippen molar-refractivity contribution in [1.82, 2.24) is 4.90 Å². The molecule has 2 aromatic carbocycles. The highest BCUT2D eigenvalue weighted by Gasteiger charge is 2.24. The number of aromatic hydroxyl groups is 1. The molecule has 0 saturated heterocycles. The van der Waals surface area contributed by atoms with E-state index in [1.807, 2.05) is 30.3 Å². The van der Waals surface area contributed by atoms with Crippen LogP contribution in [-0.4, -0.2) is 28.6 Å². The molecule has 0 aliphatic heterocycles. The topological polar surface area (TPSA) is 47.3 Å². The number of hydrogen-bond acceptors (Lipinski definition) is 3. The van der Waals surface area contributed by atoms with E-state index in [2.05, 4.69) is 45.2 Å². The summed E-state index contributed by atoms with van der Waals surface area (Å²) >= 11 is 0. The van der Waals surface area contributed by atoms with Crippen LogP contribution >= 0.6 is 0 Å². The van der Waals surface area contributed by atoms with Crippen molar-refractivity contribution in [3.8, 4) is 11.8 Å². The average Bonchev–Trinajstić information content (AvgIpc) is 2.62. The smallest absolute Gasteiger partial charge is 0.119 e. The summed E-state index contributed by atoms with van der Waals surface area (Å²) in [6, 6.07) is 18.0. The molecule has 3 heteroatoms. The van der Waals surface area contributed by atoms with Gasteiger partial charge in [-0.25, -0.2) is 0 Å². The quantitative estimate of drug-likeness (QED) is 0.711. The van der Waals surface area contributed by atoms with E-state index in [9.17, 15) is 10.4 Å². The fourth-order valence-electron chi connectivity index (χ4n) is 3.42. The fraction of sp³-hybridized carbons (Fsp3) is 0.348. The first kappa shape index (κ1) is 19.8. The molecule has 1 atom stereocenters. The highest BCUT2D eigenvalue weighted by Crippen LogP contribution is 2.37. The number of phenolic OH excluding ortho intramolecular Hbond substituents is 1. The van der Waals surface area contributed by atoms with Gasteiger partial charge >= 0.3 is 0 Å². The summed E-state index contributed by atoms with van der Waals surface area (Å²) in [6.07, 6.45) is 0. The average molecular weight is 348 g/mol.